The molecule has 112 valence electrons. The summed E-state index contributed by atoms with van der Waals surface area (Å²) in [4.78, 5) is 4.12. The van der Waals surface area contributed by atoms with Gasteiger partial charge in [0.1, 0.15) is 11.6 Å². The number of hydrogen-bond acceptors (Lipinski definition) is 4. The van der Waals surface area contributed by atoms with Gasteiger partial charge in [-0.25, -0.2) is 4.98 Å². The fourth-order valence-corrected chi connectivity index (χ4v) is 1.99. The molecule has 1 aromatic heterocycles. The molecular weight excluding hydrogens is 351 g/mol. The summed E-state index contributed by atoms with van der Waals surface area (Å²) >= 11 is 3.36. The molecule has 1 aromatic carbocycles. The van der Waals surface area contributed by atoms with E-state index in [9.17, 15) is 13.2 Å². The molecule has 2 rings (SSSR count). The van der Waals surface area contributed by atoms with Gasteiger partial charge in [-0.15, -0.1) is 13.2 Å². The van der Waals surface area contributed by atoms with E-state index in [4.69, 9.17) is 5.73 Å². The molecule has 0 aliphatic carbocycles. The number of halogens is 4. The van der Waals surface area contributed by atoms with Crippen molar-refractivity contribution < 1.29 is 17.9 Å². The minimum Gasteiger partial charge on any atom is -0.406 e. The van der Waals surface area contributed by atoms with Gasteiger partial charge >= 0.3 is 6.36 Å². The zero-order valence-corrected chi connectivity index (χ0v) is 12.4. The van der Waals surface area contributed by atoms with Gasteiger partial charge in [0.2, 0.25) is 0 Å². The Morgan fingerprint density at radius 3 is 2.43 bits per heavy atom. The second-order valence-electron chi connectivity index (χ2n) is 4.20. The molecular formula is C13H11BrF3N3O. The van der Waals surface area contributed by atoms with Crippen LogP contribution in [0.2, 0.25) is 0 Å². The van der Waals surface area contributed by atoms with Gasteiger partial charge in [0, 0.05) is 5.69 Å². The molecule has 0 spiro atoms. The van der Waals surface area contributed by atoms with Crippen molar-refractivity contribution in [3.05, 3.63) is 40.5 Å². The van der Waals surface area contributed by atoms with E-state index in [1.165, 1.54) is 30.5 Å². The Balaban J connectivity index is 2.16. The van der Waals surface area contributed by atoms with Crippen LogP contribution in [0, 0.1) is 6.92 Å². The van der Waals surface area contributed by atoms with Crippen LogP contribution in [0.15, 0.2) is 34.9 Å². The van der Waals surface area contributed by atoms with Gasteiger partial charge in [0.15, 0.2) is 0 Å². The van der Waals surface area contributed by atoms with Crippen molar-refractivity contribution in [2.24, 2.45) is 0 Å². The molecule has 0 radical (unpaired) electrons. The third-order valence-corrected chi connectivity index (χ3v) is 3.62. The number of nitrogens with one attached hydrogen (secondary N) is 1. The first-order valence-electron chi connectivity index (χ1n) is 5.79. The average molecular weight is 362 g/mol. The topological polar surface area (TPSA) is 60.2 Å². The molecule has 4 nitrogen and oxygen atoms in total. The van der Waals surface area contributed by atoms with Crippen molar-refractivity contribution in [1.82, 2.24) is 4.98 Å². The molecule has 0 aliphatic heterocycles. The number of nitrogens with two attached hydrogens (primary N) is 1. The Morgan fingerprint density at radius 1 is 1.24 bits per heavy atom. The lowest BCUT2D eigenvalue weighted by Gasteiger charge is -2.12. The van der Waals surface area contributed by atoms with Crippen LogP contribution in [-0.4, -0.2) is 11.3 Å². The molecule has 0 saturated heterocycles. The lowest BCUT2D eigenvalue weighted by atomic mass is 10.2. The van der Waals surface area contributed by atoms with Crippen LogP contribution in [0.25, 0.3) is 0 Å². The van der Waals surface area contributed by atoms with Crippen molar-refractivity contribution in [2.75, 3.05) is 11.1 Å². The quantitative estimate of drug-likeness (QED) is 0.851. The maximum atomic E-state index is 12.1. The van der Waals surface area contributed by atoms with E-state index in [1.807, 2.05) is 6.92 Å². The maximum Gasteiger partial charge on any atom is 0.573 e. The summed E-state index contributed by atoms with van der Waals surface area (Å²) in [6, 6.07) is 5.35. The summed E-state index contributed by atoms with van der Waals surface area (Å²) in [5.41, 5.74) is 7.66. The zero-order chi connectivity index (χ0) is 15.6. The molecule has 0 amide bonds. The highest BCUT2D eigenvalue weighted by molar-refractivity contribution is 9.10. The molecule has 1 heterocycles. The van der Waals surface area contributed by atoms with Crippen LogP contribution in [0.5, 0.6) is 5.75 Å². The predicted octanol–water partition coefficient (Wildman–Crippen LogP) is 4.38. The van der Waals surface area contributed by atoms with Gasteiger partial charge in [-0.2, -0.15) is 0 Å². The Kier molecular flexibility index (Phi) is 4.26. The molecule has 2 aromatic rings. The number of hydrogen-bond donors (Lipinski definition) is 2. The number of nitrogens with zero attached hydrogens (tertiary/aromatic N) is 1. The van der Waals surface area contributed by atoms with Crippen LogP contribution in [-0.2, 0) is 0 Å². The first-order chi connectivity index (χ1) is 9.76. The Bertz CT molecular complexity index is 644. The average Bonchev–Trinajstić information content (AvgIpc) is 2.40. The molecule has 0 saturated carbocycles. The number of benzene rings is 1. The minimum atomic E-state index is -4.70. The zero-order valence-electron chi connectivity index (χ0n) is 10.8. The smallest absolute Gasteiger partial charge is 0.406 e. The second kappa shape index (κ2) is 5.80. The van der Waals surface area contributed by atoms with Gasteiger partial charge in [-0.1, -0.05) is 0 Å². The third kappa shape index (κ3) is 4.01. The number of nitrogen functional groups attached to an aromatic ring is 1. The molecule has 0 unspecified atom stereocenters. The Labute approximate surface area is 127 Å². The van der Waals surface area contributed by atoms with Gasteiger partial charge in [0.05, 0.1) is 16.4 Å². The molecule has 3 N–H and O–H groups in total. The summed E-state index contributed by atoms with van der Waals surface area (Å²) in [7, 11) is 0. The van der Waals surface area contributed by atoms with Gasteiger partial charge in [-0.3, -0.25) is 0 Å². The van der Waals surface area contributed by atoms with Gasteiger partial charge < -0.3 is 15.8 Å². The van der Waals surface area contributed by atoms with Crippen LogP contribution in [0.4, 0.5) is 30.4 Å². The summed E-state index contributed by atoms with van der Waals surface area (Å²) < 4.78 is 40.7. The van der Waals surface area contributed by atoms with Crippen molar-refractivity contribution in [2.45, 2.75) is 13.3 Å². The van der Waals surface area contributed by atoms with Crippen molar-refractivity contribution >= 4 is 33.1 Å². The lowest BCUT2D eigenvalue weighted by Crippen LogP contribution is -2.16. The van der Waals surface area contributed by atoms with Crippen LogP contribution in [0.1, 0.15) is 5.56 Å². The van der Waals surface area contributed by atoms with E-state index in [-0.39, 0.29) is 5.75 Å². The molecule has 0 aliphatic rings. The van der Waals surface area contributed by atoms with E-state index in [0.717, 1.165) is 5.56 Å². The highest BCUT2D eigenvalue weighted by atomic mass is 79.9. The second-order valence-corrected chi connectivity index (χ2v) is 4.99. The Morgan fingerprint density at radius 2 is 1.86 bits per heavy atom. The first-order valence-corrected chi connectivity index (χ1v) is 6.59. The van der Waals surface area contributed by atoms with E-state index < -0.39 is 6.36 Å². The molecule has 0 atom stereocenters. The van der Waals surface area contributed by atoms with Crippen molar-refractivity contribution in [3.63, 3.8) is 0 Å². The van der Waals surface area contributed by atoms with E-state index in [1.54, 1.807) is 0 Å². The first kappa shape index (κ1) is 15.4. The molecule has 21 heavy (non-hydrogen) atoms. The van der Waals surface area contributed by atoms with Gasteiger partial charge in [-0.05, 0) is 52.7 Å². The fraction of sp³-hybridized carbons (Fsp3) is 0.154. The van der Waals surface area contributed by atoms with Crippen LogP contribution in [0.3, 0.4) is 0 Å². The molecule has 0 bridgehead atoms. The van der Waals surface area contributed by atoms with E-state index in [2.05, 4.69) is 31.0 Å². The number of pyridine rings is 1. The monoisotopic (exact) mass is 361 g/mol. The predicted molar refractivity (Wildman–Crippen MR) is 77.5 cm³/mol. The van der Waals surface area contributed by atoms with Gasteiger partial charge in [0.25, 0.3) is 0 Å². The number of alkyl halides is 3. The Hall–Kier alpha value is -1.96. The number of anilines is 3. The van der Waals surface area contributed by atoms with E-state index in [0.29, 0.717) is 21.7 Å². The highest BCUT2D eigenvalue weighted by Crippen LogP contribution is 2.31. The normalized spacial score (nSPS) is 11.3. The lowest BCUT2D eigenvalue weighted by molar-refractivity contribution is -0.274. The maximum absolute atomic E-state index is 12.1. The molecule has 0 fully saturated rings. The number of ether oxygens (including phenoxy) is 1. The fourth-order valence-electron chi connectivity index (χ4n) is 1.56. The van der Waals surface area contributed by atoms with Crippen molar-refractivity contribution in [3.8, 4) is 5.75 Å². The molecule has 8 heteroatoms. The number of aromatic nitrogens is 1. The minimum absolute atomic E-state index is 0.284. The van der Waals surface area contributed by atoms with Crippen LogP contribution >= 0.6 is 15.9 Å². The summed E-state index contributed by atoms with van der Waals surface area (Å²) in [6.45, 7) is 1.83. The van der Waals surface area contributed by atoms with Crippen molar-refractivity contribution in [1.29, 1.82) is 0 Å². The highest BCUT2D eigenvalue weighted by Gasteiger charge is 2.30. The SMILES string of the molecule is Cc1c(N)cnc(Nc2ccc(OC(F)(F)F)cc2)c1Br. The van der Waals surface area contributed by atoms with Crippen LogP contribution < -0.4 is 15.8 Å². The summed E-state index contributed by atoms with van der Waals surface area (Å²) in [5, 5.41) is 2.98. The summed E-state index contributed by atoms with van der Waals surface area (Å²) in [5.74, 6) is 0.236. The third-order valence-electron chi connectivity index (χ3n) is 2.65. The summed E-state index contributed by atoms with van der Waals surface area (Å²) in [6.07, 6.45) is -3.20. The largest absolute Gasteiger partial charge is 0.573 e. The number of rotatable bonds is 3. The van der Waals surface area contributed by atoms with E-state index >= 15 is 0 Å². The standard InChI is InChI=1S/C13H11BrF3N3O/c1-7-10(18)6-19-12(11(7)14)20-8-2-4-9(5-3-8)21-13(15,16)17/h2-6H,18H2,1H3,(H,19,20).